The van der Waals surface area contributed by atoms with Crippen molar-refractivity contribution in [3.63, 3.8) is 0 Å². The SMILES string of the molecule is COCC(O)CN(C)Cc1ccccc1C(=O)NN. The van der Waals surface area contributed by atoms with Crippen molar-refractivity contribution in [2.24, 2.45) is 5.84 Å². The van der Waals surface area contributed by atoms with Gasteiger partial charge < -0.3 is 9.84 Å². The summed E-state index contributed by atoms with van der Waals surface area (Å²) >= 11 is 0. The zero-order valence-electron chi connectivity index (χ0n) is 11.3. The van der Waals surface area contributed by atoms with E-state index in [2.05, 4.69) is 5.43 Å². The summed E-state index contributed by atoms with van der Waals surface area (Å²) in [6.45, 7) is 1.30. The first-order chi connectivity index (χ1) is 9.08. The normalized spacial score (nSPS) is 12.5. The minimum Gasteiger partial charge on any atom is -0.389 e. The van der Waals surface area contributed by atoms with Crippen molar-refractivity contribution in [3.05, 3.63) is 35.4 Å². The van der Waals surface area contributed by atoms with Gasteiger partial charge in [-0.2, -0.15) is 0 Å². The van der Waals surface area contributed by atoms with Gasteiger partial charge in [0.2, 0.25) is 0 Å². The van der Waals surface area contributed by atoms with Gasteiger partial charge in [0, 0.05) is 25.8 Å². The van der Waals surface area contributed by atoms with Gasteiger partial charge in [-0.15, -0.1) is 0 Å². The summed E-state index contributed by atoms with van der Waals surface area (Å²) < 4.78 is 4.88. The summed E-state index contributed by atoms with van der Waals surface area (Å²) in [6.07, 6.45) is -0.550. The Morgan fingerprint density at radius 1 is 1.53 bits per heavy atom. The highest BCUT2D eigenvalue weighted by Crippen LogP contribution is 2.11. The molecule has 6 nitrogen and oxygen atoms in total. The predicted octanol–water partition coefficient (Wildman–Crippen LogP) is -0.271. The summed E-state index contributed by atoms with van der Waals surface area (Å²) in [5, 5.41) is 9.66. The van der Waals surface area contributed by atoms with Gasteiger partial charge >= 0.3 is 0 Å². The zero-order chi connectivity index (χ0) is 14.3. The quantitative estimate of drug-likeness (QED) is 0.359. The molecule has 0 spiro atoms. The molecule has 4 N–H and O–H groups in total. The second kappa shape index (κ2) is 7.85. The maximum atomic E-state index is 11.6. The van der Waals surface area contributed by atoms with Gasteiger partial charge in [-0.1, -0.05) is 18.2 Å². The lowest BCUT2D eigenvalue weighted by Crippen LogP contribution is -2.34. The minimum atomic E-state index is -0.550. The van der Waals surface area contributed by atoms with Crippen molar-refractivity contribution >= 4 is 5.91 Å². The van der Waals surface area contributed by atoms with Gasteiger partial charge in [0.25, 0.3) is 5.91 Å². The van der Waals surface area contributed by atoms with E-state index in [4.69, 9.17) is 10.6 Å². The number of rotatable bonds is 7. The van der Waals surface area contributed by atoms with Crippen LogP contribution >= 0.6 is 0 Å². The summed E-state index contributed by atoms with van der Waals surface area (Å²) in [7, 11) is 3.42. The number of nitrogen functional groups attached to an aromatic ring is 1. The maximum absolute atomic E-state index is 11.6. The third-order valence-corrected chi connectivity index (χ3v) is 2.71. The van der Waals surface area contributed by atoms with Crippen molar-refractivity contribution < 1.29 is 14.6 Å². The van der Waals surface area contributed by atoms with Crippen LogP contribution in [0, 0.1) is 0 Å². The van der Waals surface area contributed by atoms with E-state index >= 15 is 0 Å². The van der Waals surface area contributed by atoms with Gasteiger partial charge in [-0.25, -0.2) is 5.84 Å². The first kappa shape index (κ1) is 15.6. The number of nitrogens with two attached hydrogens (primary N) is 1. The first-order valence-electron chi connectivity index (χ1n) is 6.02. The molecular formula is C13H21N3O3. The standard InChI is InChI=1S/C13H21N3O3/c1-16(8-11(17)9-19-2)7-10-5-3-4-6-12(10)13(18)15-14/h3-6,11,17H,7-9,14H2,1-2H3,(H,15,18). The number of hydrogen-bond donors (Lipinski definition) is 3. The largest absolute Gasteiger partial charge is 0.389 e. The van der Waals surface area contributed by atoms with Gasteiger partial charge in [-0.3, -0.25) is 15.1 Å². The van der Waals surface area contributed by atoms with Crippen LogP contribution < -0.4 is 11.3 Å². The smallest absolute Gasteiger partial charge is 0.265 e. The average molecular weight is 267 g/mol. The Morgan fingerprint density at radius 3 is 2.84 bits per heavy atom. The van der Waals surface area contributed by atoms with Crippen LogP contribution in [0.15, 0.2) is 24.3 Å². The molecule has 0 aromatic heterocycles. The Hall–Kier alpha value is -1.47. The lowest BCUT2D eigenvalue weighted by Gasteiger charge is -2.21. The van der Waals surface area contributed by atoms with E-state index in [1.807, 2.05) is 24.1 Å². The Bertz CT molecular complexity index is 412. The molecule has 19 heavy (non-hydrogen) atoms. The second-order valence-corrected chi connectivity index (χ2v) is 4.44. The molecule has 0 bridgehead atoms. The van der Waals surface area contributed by atoms with Crippen molar-refractivity contribution in [3.8, 4) is 0 Å². The number of nitrogens with zero attached hydrogens (tertiary/aromatic N) is 1. The fourth-order valence-corrected chi connectivity index (χ4v) is 1.92. The Kier molecular flexibility index (Phi) is 6.44. The number of nitrogens with one attached hydrogen (secondary N) is 1. The Balaban J connectivity index is 2.68. The number of hydrogen-bond acceptors (Lipinski definition) is 5. The Morgan fingerprint density at radius 2 is 2.21 bits per heavy atom. The summed E-state index contributed by atoms with van der Waals surface area (Å²) in [6, 6.07) is 7.23. The second-order valence-electron chi connectivity index (χ2n) is 4.44. The highest BCUT2D eigenvalue weighted by molar-refractivity contribution is 5.95. The van der Waals surface area contributed by atoms with E-state index in [1.165, 1.54) is 0 Å². The van der Waals surface area contributed by atoms with Crippen LogP contribution in [0.1, 0.15) is 15.9 Å². The highest BCUT2D eigenvalue weighted by atomic mass is 16.5. The Labute approximate surface area is 113 Å². The van der Waals surface area contributed by atoms with E-state index in [0.717, 1.165) is 5.56 Å². The van der Waals surface area contributed by atoms with Crippen LogP contribution in [-0.2, 0) is 11.3 Å². The fraction of sp³-hybridized carbons (Fsp3) is 0.462. The van der Waals surface area contributed by atoms with E-state index in [0.29, 0.717) is 18.7 Å². The summed E-state index contributed by atoms with van der Waals surface area (Å²) in [5.41, 5.74) is 3.53. The maximum Gasteiger partial charge on any atom is 0.265 e. The number of aliphatic hydroxyl groups excluding tert-OH is 1. The monoisotopic (exact) mass is 267 g/mol. The lowest BCUT2D eigenvalue weighted by atomic mass is 10.1. The molecule has 0 saturated heterocycles. The highest BCUT2D eigenvalue weighted by Gasteiger charge is 2.13. The number of methoxy groups -OCH3 is 1. The molecule has 1 atom stereocenters. The third-order valence-electron chi connectivity index (χ3n) is 2.71. The minimum absolute atomic E-state index is 0.287. The molecule has 0 fully saturated rings. The van der Waals surface area contributed by atoms with Crippen molar-refractivity contribution in [1.29, 1.82) is 0 Å². The van der Waals surface area contributed by atoms with Crippen LogP contribution in [-0.4, -0.2) is 49.3 Å². The van der Waals surface area contributed by atoms with Crippen molar-refractivity contribution in [1.82, 2.24) is 10.3 Å². The lowest BCUT2D eigenvalue weighted by molar-refractivity contribution is 0.0418. The molecule has 0 aliphatic carbocycles. The number of hydrazine groups is 1. The van der Waals surface area contributed by atoms with E-state index in [9.17, 15) is 9.90 Å². The molecule has 1 rings (SSSR count). The predicted molar refractivity (Wildman–Crippen MR) is 72.3 cm³/mol. The van der Waals surface area contributed by atoms with Gasteiger partial charge in [-0.05, 0) is 18.7 Å². The van der Waals surface area contributed by atoms with Gasteiger partial charge in [0.1, 0.15) is 0 Å². The molecule has 1 unspecified atom stereocenters. The number of benzene rings is 1. The van der Waals surface area contributed by atoms with Gasteiger partial charge in [0.15, 0.2) is 0 Å². The first-order valence-corrected chi connectivity index (χ1v) is 6.02. The van der Waals surface area contributed by atoms with Crippen LogP contribution in [0.3, 0.4) is 0 Å². The molecule has 106 valence electrons. The van der Waals surface area contributed by atoms with Crippen molar-refractivity contribution in [2.45, 2.75) is 12.6 Å². The van der Waals surface area contributed by atoms with E-state index < -0.39 is 6.10 Å². The number of carbonyl (C=O) groups excluding carboxylic acids is 1. The number of likely N-dealkylation sites (N-methyl/N-ethyl adjacent to an activating group) is 1. The number of aliphatic hydroxyl groups is 1. The molecule has 0 heterocycles. The molecule has 0 saturated carbocycles. The number of carbonyl (C=O) groups is 1. The molecular weight excluding hydrogens is 246 g/mol. The van der Waals surface area contributed by atoms with Crippen LogP contribution in [0.25, 0.3) is 0 Å². The van der Waals surface area contributed by atoms with Crippen LogP contribution in [0.2, 0.25) is 0 Å². The molecule has 6 heteroatoms. The third kappa shape index (κ3) is 4.96. The summed E-state index contributed by atoms with van der Waals surface area (Å²) in [4.78, 5) is 13.5. The molecule has 1 amide bonds. The van der Waals surface area contributed by atoms with E-state index in [-0.39, 0.29) is 12.5 Å². The molecule has 1 aromatic carbocycles. The number of ether oxygens (including phenoxy) is 1. The molecule has 0 aliphatic heterocycles. The summed E-state index contributed by atoms with van der Waals surface area (Å²) in [5.74, 6) is 4.84. The molecule has 0 radical (unpaired) electrons. The fourth-order valence-electron chi connectivity index (χ4n) is 1.92. The molecule has 1 aromatic rings. The van der Waals surface area contributed by atoms with Gasteiger partial charge in [0.05, 0.1) is 12.7 Å². The average Bonchev–Trinajstić information content (AvgIpc) is 2.38. The van der Waals surface area contributed by atoms with Crippen LogP contribution in [0.5, 0.6) is 0 Å². The molecule has 0 aliphatic rings. The van der Waals surface area contributed by atoms with E-state index in [1.54, 1.807) is 19.2 Å². The topological polar surface area (TPSA) is 87.8 Å². The van der Waals surface area contributed by atoms with Crippen molar-refractivity contribution in [2.75, 3.05) is 27.3 Å². The number of amides is 1. The zero-order valence-corrected chi connectivity index (χ0v) is 11.3. The van der Waals surface area contributed by atoms with Crippen LogP contribution in [0.4, 0.5) is 0 Å².